The first kappa shape index (κ1) is 24.3. The minimum atomic E-state index is -1.61. The Bertz CT molecular complexity index is 515. The summed E-state index contributed by atoms with van der Waals surface area (Å²) in [6.07, 6.45) is 16.1. The largest absolute Gasteiger partial charge is 0.462 e. The van der Waals surface area contributed by atoms with Crippen LogP contribution in [0.1, 0.15) is 89.9 Å². The Morgan fingerprint density at radius 1 is 0.900 bits per heavy atom. The van der Waals surface area contributed by atoms with Crippen LogP contribution in [0.5, 0.6) is 0 Å². The summed E-state index contributed by atoms with van der Waals surface area (Å²) in [6.45, 7) is 4.41. The fourth-order valence-electron chi connectivity index (χ4n) is 6.12. The average molecular weight is 439 g/mol. The van der Waals surface area contributed by atoms with E-state index in [0.29, 0.717) is 5.92 Å². The molecule has 3 saturated carbocycles. The highest BCUT2D eigenvalue weighted by Crippen LogP contribution is 2.39. The molecule has 0 radical (unpaired) electrons. The first-order chi connectivity index (χ1) is 14.4. The van der Waals surface area contributed by atoms with Crippen LogP contribution in [0.3, 0.4) is 0 Å². The Morgan fingerprint density at radius 2 is 1.50 bits per heavy atom. The van der Waals surface area contributed by atoms with Gasteiger partial charge in [-0.15, -0.1) is 0 Å². The molecule has 0 aliphatic heterocycles. The predicted octanol–water partition coefficient (Wildman–Crippen LogP) is 6.08. The number of carbonyl (C=O) groups excluding carboxylic acids is 1. The van der Waals surface area contributed by atoms with E-state index in [1.165, 1.54) is 44.9 Å². The lowest BCUT2D eigenvalue weighted by Gasteiger charge is -2.36. The number of carbonyl (C=O) groups is 1. The summed E-state index contributed by atoms with van der Waals surface area (Å²) in [6, 6.07) is 0.996. The summed E-state index contributed by atoms with van der Waals surface area (Å²) in [5.74, 6) is 2.24. The third-order valence-corrected chi connectivity index (χ3v) is 11.2. The molecule has 3 fully saturated rings. The van der Waals surface area contributed by atoms with Gasteiger partial charge in [-0.25, -0.2) is 0 Å². The quantitative estimate of drug-likeness (QED) is 0.369. The zero-order valence-corrected chi connectivity index (χ0v) is 20.7. The fraction of sp³-hybridized carbons (Fsp3) is 0.960. The lowest BCUT2D eigenvalue weighted by atomic mass is 9.73. The molecule has 1 N–H and O–H groups in total. The van der Waals surface area contributed by atoms with Crippen LogP contribution < -0.4 is 0 Å². The van der Waals surface area contributed by atoms with E-state index in [2.05, 4.69) is 13.1 Å². The molecule has 0 bridgehead atoms. The molecule has 0 saturated heterocycles. The van der Waals surface area contributed by atoms with E-state index in [9.17, 15) is 9.90 Å². The second kappa shape index (κ2) is 11.5. The average Bonchev–Trinajstić information content (AvgIpc) is 2.78. The van der Waals surface area contributed by atoms with Crippen molar-refractivity contribution in [1.29, 1.82) is 0 Å². The lowest BCUT2D eigenvalue weighted by molar-refractivity contribution is -0.158. The van der Waals surface area contributed by atoms with Gasteiger partial charge >= 0.3 is 5.97 Å². The molecule has 3 aliphatic carbocycles. The molecule has 0 spiro atoms. The van der Waals surface area contributed by atoms with Gasteiger partial charge in [0.15, 0.2) is 8.32 Å². The van der Waals surface area contributed by atoms with Crippen molar-refractivity contribution < 1.29 is 19.1 Å². The van der Waals surface area contributed by atoms with Crippen LogP contribution in [0.25, 0.3) is 0 Å². The summed E-state index contributed by atoms with van der Waals surface area (Å²) < 4.78 is 11.6. The van der Waals surface area contributed by atoms with Crippen LogP contribution in [-0.4, -0.2) is 38.7 Å². The molecule has 0 amide bonds. The van der Waals surface area contributed by atoms with E-state index in [0.717, 1.165) is 62.8 Å². The van der Waals surface area contributed by atoms with Crippen molar-refractivity contribution in [1.82, 2.24) is 0 Å². The van der Waals surface area contributed by atoms with Gasteiger partial charge in [-0.1, -0.05) is 32.1 Å². The Morgan fingerprint density at radius 3 is 2.10 bits per heavy atom. The molecule has 174 valence electrons. The van der Waals surface area contributed by atoms with Gasteiger partial charge in [0.25, 0.3) is 0 Å². The maximum atomic E-state index is 12.7. The number of aliphatic hydroxyl groups excluding tert-OH is 1. The second-order valence-corrected chi connectivity index (χ2v) is 15.5. The Balaban J connectivity index is 1.33. The molecule has 0 aromatic heterocycles. The van der Waals surface area contributed by atoms with Gasteiger partial charge in [0.2, 0.25) is 0 Å². The maximum absolute atomic E-state index is 12.7. The molecule has 1 unspecified atom stereocenters. The lowest BCUT2D eigenvalue weighted by Crippen LogP contribution is -2.34. The summed E-state index contributed by atoms with van der Waals surface area (Å²) in [7, 11) is 0.179. The van der Waals surface area contributed by atoms with Gasteiger partial charge < -0.3 is 14.3 Å². The topological polar surface area (TPSA) is 55.8 Å². The summed E-state index contributed by atoms with van der Waals surface area (Å²) in [5.41, 5.74) is 0. The van der Waals surface area contributed by atoms with Gasteiger partial charge in [0, 0.05) is 7.11 Å². The highest BCUT2D eigenvalue weighted by atomic mass is 28.4. The molecule has 0 aromatic carbocycles. The number of aliphatic hydroxyl groups is 1. The van der Waals surface area contributed by atoms with Crippen LogP contribution in [0.4, 0.5) is 0 Å². The van der Waals surface area contributed by atoms with Crippen molar-refractivity contribution in [3.8, 4) is 0 Å². The Hall–Kier alpha value is -0.393. The molecule has 1 atom stereocenters. The SMILES string of the molecule is CO[Si](C)(C)CCC(O)C1CCC(C(=O)OC2CCC(C3CCCCC3)CC2)CC1. The normalized spacial score (nSPS) is 32.5. The summed E-state index contributed by atoms with van der Waals surface area (Å²) in [5, 5.41) is 10.6. The maximum Gasteiger partial charge on any atom is 0.309 e. The highest BCUT2D eigenvalue weighted by molar-refractivity contribution is 6.71. The predicted molar refractivity (Wildman–Crippen MR) is 124 cm³/mol. The van der Waals surface area contributed by atoms with Gasteiger partial charge in [-0.3, -0.25) is 4.79 Å². The minimum absolute atomic E-state index is 0.0389. The standard InChI is InChI=1S/C25H46O4Si/c1-28-30(2,3)18-17-24(26)21-9-11-22(12-10-21)25(27)29-23-15-13-20(14-16-23)19-7-5-4-6-8-19/h19-24,26H,4-18H2,1-3H3. The molecular formula is C25H46O4Si. The number of hydrogen-bond donors (Lipinski definition) is 1. The molecule has 30 heavy (non-hydrogen) atoms. The first-order valence-electron chi connectivity index (χ1n) is 12.8. The van der Waals surface area contributed by atoms with E-state index in [4.69, 9.17) is 9.16 Å². The number of rotatable bonds is 8. The van der Waals surface area contributed by atoms with Crippen LogP contribution in [0, 0.1) is 23.7 Å². The van der Waals surface area contributed by atoms with E-state index in [-0.39, 0.29) is 24.1 Å². The van der Waals surface area contributed by atoms with Crippen LogP contribution in [0.15, 0.2) is 0 Å². The van der Waals surface area contributed by atoms with Crippen LogP contribution in [0.2, 0.25) is 19.1 Å². The van der Waals surface area contributed by atoms with Crippen LogP contribution in [-0.2, 0) is 14.0 Å². The number of hydrogen-bond acceptors (Lipinski definition) is 4. The van der Waals surface area contributed by atoms with Gasteiger partial charge in [0.1, 0.15) is 6.10 Å². The molecule has 5 heteroatoms. The summed E-state index contributed by atoms with van der Waals surface area (Å²) >= 11 is 0. The van der Waals surface area contributed by atoms with Gasteiger partial charge in [-0.2, -0.15) is 0 Å². The van der Waals surface area contributed by atoms with Crippen molar-refractivity contribution in [3.63, 3.8) is 0 Å². The third-order valence-electron chi connectivity index (χ3n) is 8.56. The smallest absolute Gasteiger partial charge is 0.309 e. The van der Waals surface area contributed by atoms with Gasteiger partial charge in [0.05, 0.1) is 12.0 Å². The van der Waals surface area contributed by atoms with E-state index in [1.807, 2.05) is 0 Å². The van der Waals surface area contributed by atoms with Crippen molar-refractivity contribution in [2.24, 2.45) is 23.7 Å². The number of ether oxygens (including phenoxy) is 1. The molecular weight excluding hydrogens is 392 g/mol. The van der Waals surface area contributed by atoms with Crippen molar-refractivity contribution >= 4 is 14.3 Å². The van der Waals surface area contributed by atoms with Crippen LogP contribution >= 0.6 is 0 Å². The van der Waals surface area contributed by atoms with E-state index in [1.54, 1.807) is 7.11 Å². The molecule has 3 aliphatic rings. The highest BCUT2D eigenvalue weighted by Gasteiger charge is 2.34. The second-order valence-electron chi connectivity index (χ2n) is 11.1. The zero-order chi connectivity index (χ0) is 21.6. The molecule has 0 heterocycles. The molecule has 4 nitrogen and oxygen atoms in total. The Kier molecular flexibility index (Phi) is 9.27. The monoisotopic (exact) mass is 438 g/mol. The first-order valence-corrected chi connectivity index (χ1v) is 15.9. The Labute approximate surface area is 185 Å². The van der Waals surface area contributed by atoms with E-state index >= 15 is 0 Å². The van der Waals surface area contributed by atoms with Gasteiger partial charge in [-0.05, 0) is 94.7 Å². The van der Waals surface area contributed by atoms with Crippen molar-refractivity contribution in [2.75, 3.05) is 7.11 Å². The zero-order valence-electron chi connectivity index (χ0n) is 19.7. The van der Waals surface area contributed by atoms with E-state index < -0.39 is 8.32 Å². The minimum Gasteiger partial charge on any atom is -0.462 e. The third kappa shape index (κ3) is 7.06. The summed E-state index contributed by atoms with van der Waals surface area (Å²) in [4.78, 5) is 12.7. The fourth-order valence-corrected chi connectivity index (χ4v) is 7.31. The van der Waals surface area contributed by atoms with Crippen molar-refractivity contribution in [3.05, 3.63) is 0 Å². The number of esters is 1. The molecule has 0 aromatic rings. The van der Waals surface area contributed by atoms with Crippen molar-refractivity contribution in [2.45, 2.75) is 121 Å². The molecule has 3 rings (SSSR count).